The number of aromatic nitrogens is 1. The number of hydrogen-bond donors (Lipinski definition) is 1. The van der Waals surface area contributed by atoms with Crippen LogP contribution >= 0.6 is 11.3 Å². The van der Waals surface area contributed by atoms with E-state index in [1.54, 1.807) is 11.3 Å². The van der Waals surface area contributed by atoms with E-state index in [4.69, 9.17) is 9.72 Å². The Kier molecular flexibility index (Phi) is 2.73. The van der Waals surface area contributed by atoms with E-state index in [0.717, 1.165) is 34.8 Å². The molecule has 20 heavy (non-hydrogen) atoms. The van der Waals surface area contributed by atoms with Crippen LogP contribution in [0.25, 0.3) is 10.6 Å². The molecule has 1 aromatic carbocycles. The van der Waals surface area contributed by atoms with Gasteiger partial charge in [-0.1, -0.05) is 0 Å². The first-order valence-corrected chi connectivity index (χ1v) is 7.67. The van der Waals surface area contributed by atoms with Crippen LogP contribution in [0.5, 0.6) is 5.75 Å². The van der Waals surface area contributed by atoms with Gasteiger partial charge in [-0.2, -0.15) is 0 Å². The van der Waals surface area contributed by atoms with Crippen LogP contribution in [0.3, 0.4) is 0 Å². The largest absolute Gasteiger partial charge is 0.482 e. The number of thiazole rings is 1. The fraction of sp³-hybridized carbons (Fsp3) is 0.333. The zero-order valence-electron chi connectivity index (χ0n) is 10.9. The third kappa shape index (κ3) is 1.98. The van der Waals surface area contributed by atoms with Crippen molar-refractivity contribution in [3.63, 3.8) is 0 Å². The highest BCUT2D eigenvalue weighted by Crippen LogP contribution is 2.36. The number of anilines is 1. The van der Waals surface area contributed by atoms with Gasteiger partial charge in [0.05, 0.1) is 11.4 Å². The monoisotopic (exact) mass is 286 g/mol. The summed E-state index contributed by atoms with van der Waals surface area (Å²) in [6.45, 7) is 0.0951. The summed E-state index contributed by atoms with van der Waals surface area (Å²) < 4.78 is 5.38. The molecule has 1 aliphatic carbocycles. The lowest BCUT2D eigenvalue weighted by molar-refractivity contribution is -0.118. The molecule has 2 heterocycles. The summed E-state index contributed by atoms with van der Waals surface area (Å²) >= 11 is 1.78. The van der Waals surface area contributed by atoms with Gasteiger partial charge in [0.1, 0.15) is 10.8 Å². The molecule has 1 aliphatic heterocycles. The molecule has 2 aromatic rings. The van der Waals surface area contributed by atoms with E-state index < -0.39 is 0 Å². The lowest BCUT2D eigenvalue weighted by atomic mass is 10.0. The smallest absolute Gasteiger partial charge is 0.262 e. The first-order valence-electron chi connectivity index (χ1n) is 6.85. The van der Waals surface area contributed by atoms with Gasteiger partial charge in [-0.05, 0) is 43.9 Å². The van der Waals surface area contributed by atoms with Gasteiger partial charge >= 0.3 is 0 Å². The van der Waals surface area contributed by atoms with Crippen molar-refractivity contribution in [3.8, 4) is 16.3 Å². The summed E-state index contributed by atoms with van der Waals surface area (Å²) in [7, 11) is 0. The predicted molar refractivity (Wildman–Crippen MR) is 78.3 cm³/mol. The summed E-state index contributed by atoms with van der Waals surface area (Å²) in [5.74, 6) is 0.628. The molecule has 1 amide bonds. The molecular weight excluding hydrogens is 272 g/mol. The molecule has 4 nitrogen and oxygen atoms in total. The fourth-order valence-electron chi connectivity index (χ4n) is 2.69. The van der Waals surface area contributed by atoms with Gasteiger partial charge in [0, 0.05) is 10.4 Å². The van der Waals surface area contributed by atoms with Crippen molar-refractivity contribution in [1.82, 2.24) is 4.98 Å². The molecule has 0 spiro atoms. The number of ether oxygens (including phenoxy) is 1. The molecule has 0 saturated carbocycles. The molecule has 4 rings (SSSR count). The Morgan fingerprint density at radius 1 is 1.25 bits per heavy atom. The van der Waals surface area contributed by atoms with E-state index in [1.807, 2.05) is 18.2 Å². The number of rotatable bonds is 1. The number of carbonyl (C=O) groups excluding carboxylic acids is 1. The Balaban J connectivity index is 1.73. The zero-order valence-corrected chi connectivity index (χ0v) is 11.8. The summed E-state index contributed by atoms with van der Waals surface area (Å²) in [5, 5.41) is 3.89. The number of hydrogen-bond acceptors (Lipinski definition) is 4. The average molecular weight is 286 g/mol. The second-order valence-electron chi connectivity index (χ2n) is 5.14. The summed E-state index contributed by atoms with van der Waals surface area (Å²) in [4.78, 5) is 17.6. The Labute approximate surface area is 120 Å². The van der Waals surface area contributed by atoms with Crippen molar-refractivity contribution in [1.29, 1.82) is 0 Å². The third-order valence-electron chi connectivity index (χ3n) is 3.71. The van der Waals surface area contributed by atoms with Gasteiger partial charge in [0.25, 0.3) is 5.91 Å². The van der Waals surface area contributed by atoms with Crippen LogP contribution in [0.2, 0.25) is 0 Å². The first-order chi connectivity index (χ1) is 9.79. The minimum Gasteiger partial charge on any atom is -0.482 e. The highest BCUT2D eigenvalue weighted by atomic mass is 32.1. The van der Waals surface area contributed by atoms with Crippen molar-refractivity contribution >= 4 is 22.9 Å². The molecule has 1 N–H and O–H groups in total. The maximum atomic E-state index is 11.4. The van der Waals surface area contributed by atoms with Crippen LogP contribution in [0.15, 0.2) is 18.2 Å². The Bertz CT molecular complexity index is 670. The zero-order chi connectivity index (χ0) is 13.5. The number of nitrogens with one attached hydrogen (secondary N) is 1. The molecule has 5 heteroatoms. The Morgan fingerprint density at radius 3 is 3.05 bits per heavy atom. The first kappa shape index (κ1) is 11.9. The Morgan fingerprint density at radius 2 is 2.15 bits per heavy atom. The van der Waals surface area contributed by atoms with E-state index in [2.05, 4.69) is 5.32 Å². The highest BCUT2D eigenvalue weighted by molar-refractivity contribution is 7.15. The average Bonchev–Trinajstić information content (AvgIpc) is 2.90. The number of fused-ring (bicyclic) bond motifs is 2. The minimum atomic E-state index is -0.104. The topological polar surface area (TPSA) is 51.2 Å². The van der Waals surface area contributed by atoms with E-state index in [9.17, 15) is 4.79 Å². The second-order valence-corrected chi connectivity index (χ2v) is 6.23. The maximum Gasteiger partial charge on any atom is 0.262 e. The van der Waals surface area contributed by atoms with Gasteiger partial charge in [-0.25, -0.2) is 4.98 Å². The molecule has 0 bridgehead atoms. The molecule has 2 aliphatic rings. The predicted octanol–water partition coefficient (Wildman–Crippen LogP) is 3.02. The number of amides is 1. The minimum absolute atomic E-state index is 0.0951. The summed E-state index contributed by atoms with van der Waals surface area (Å²) in [6.07, 6.45) is 4.75. The molecule has 0 atom stereocenters. The van der Waals surface area contributed by atoms with E-state index >= 15 is 0 Å². The number of benzene rings is 1. The van der Waals surface area contributed by atoms with Crippen LogP contribution in [-0.4, -0.2) is 17.5 Å². The Hall–Kier alpha value is -1.88. The van der Waals surface area contributed by atoms with Crippen molar-refractivity contribution in [2.45, 2.75) is 25.7 Å². The van der Waals surface area contributed by atoms with Crippen LogP contribution in [-0.2, 0) is 17.6 Å². The van der Waals surface area contributed by atoms with Gasteiger partial charge in [0.15, 0.2) is 6.61 Å². The normalized spacial score (nSPS) is 16.9. The van der Waals surface area contributed by atoms with Gasteiger partial charge in [-0.3, -0.25) is 4.79 Å². The fourth-order valence-corrected chi connectivity index (χ4v) is 3.84. The number of nitrogens with zero attached hydrogens (tertiary/aromatic N) is 1. The van der Waals surface area contributed by atoms with Gasteiger partial charge < -0.3 is 10.1 Å². The molecule has 102 valence electrons. The van der Waals surface area contributed by atoms with Gasteiger partial charge in [-0.15, -0.1) is 11.3 Å². The molecule has 0 fully saturated rings. The van der Waals surface area contributed by atoms with Crippen LogP contribution in [0, 0.1) is 0 Å². The van der Waals surface area contributed by atoms with E-state index in [0.29, 0.717) is 0 Å². The van der Waals surface area contributed by atoms with Crippen molar-refractivity contribution in [2.24, 2.45) is 0 Å². The van der Waals surface area contributed by atoms with Crippen LogP contribution in [0.4, 0.5) is 5.69 Å². The highest BCUT2D eigenvalue weighted by Gasteiger charge is 2.19. The van der Waals surface area contributed by atoms with E-state index in [1.165, 1.54) is 23.4 Å². The van der Waals surface area contributed by atoms with Crippen LogP contribution in [0.1, 0.15) is 23.4 Å². The maximum absolute atomic E-state index is 11.4. The quantitative estimate of drug-likeness (QED) is 0.876. The molecule has 0 saturated heterocycles. The molecular formula is C15H14N2O2S. The SMILES string of the molecule is O=C1COc2ccc(-c3nc4c(s3)CCCC4)cc2N1. The molecule has 0 unspecified atom stereocenters. The summed E-state index contributed by atoms with van der Waals surface area (Å²) in [6, 6.07) is 5.88. The van der Waals surface area contributed by atoms with Gasteiger partial charge in [0.2, 0.25) is 0 Å². The van der Waals surface area contributed by atoms with Crippen molar-refractivity contribution in [2.75, 3.05) is 11.9 Å². The third-order valence-corrected chi connectivity index (χ3v) is 4.91. The second kappa shape index (κ2) is 4.59. The van der Waals surface area contributed by atoms with Crippen molar-refractivity contribution < 1.29 is 9.53 Å². The standard InChI is InChI=1S/C15H14N2O2S/c18-14-8-19-12-6-5-9(7-11(12)16-14)15-17-10-3-1-2-4-13(10)20-15/h5-7H,1-4,8H2,(H,16,18). The molecule has 0 radical (unpaired) electrons. The number of aryl methyl sites for hydroxylation is 2. The number of carbonyl (C=O) groups is 1. The summed E-state index contributed by atoms with van der Waals surface area (Å²) in [5.41, 5.74) is 3.05. The molecule has 1 aromatic heterocycles. The van der Waals surface area contributed by atoms with E-state index in [-0.39, 0.29) is 12.5 Å². The van der Waals surface area contributed by atoms with Crippen molar-refractivity contribution in [3.05, 3.63) is 28.8 Å². The lowest BCUT2D eigenvalue weighted by Crippen LogP contribution is -2.25. The van der Waals surface area contributed by atoms with Crippen LogP contribution < -0.4 is 10.1 Å². The lowest BCUT2D eigenvalue weighted by Gasteiger charge is -2.18.